The molecule has 0 aliphatic carbocycles. The molecule has 0 spiro atoms. The molecule has 2 aliphatic rings. The van der Waals surface area contributed by atoms with Gasteiger partial charge < -0.3 is 21.3 Å². The summed E-state index contributed by atoms with van der Waals surface area (Å²) in [4.78, 5) is 38.1. The summed E-state index contributed by atoms with van der Waals surface area (Å²) < 4.78 is 0. The van der Waals surface area contributed by atoms with E-state index in [1.165, 1.54) is 0 Å². The number of fused-ring (bicyclic) bond motifs is 1. The predicted octanol–water partition coefficient (Wildman–Crippen LogP) is 2.78. The number of carbonyl (C=O) groups excluding carboxylic acids is 3. The summed E-state index contributed by atoms with van der Waals surface area (Å²) in [6, 6.07) is 11.6. The zero-order valence-electron chi connectivity index (χ0n) is 15.9. The summed E-state index contributed by atoms with van der Waals surface area (Å²) in [6.07, 6.45) is -1.58. The fraction of sp³-hybridized carbons (Fsp3) is 0.250. The van der Waals surface area contributed by atoms with Crippen LogP contribution >= 0.6 is 34.8 Å². The van der Waals surface area contributed by atoms with Crippen molar-refractivity contribution < 1.29 is 14.4 Å². The van der Waals surface area contributed by atoms with Crippen molar-refractivity contribution in [1.29, 1.82) is 0 Å². The number of amides is 3. The summed E-state index contributed by atoms with van der Waals surface area (Å²) in [5.41, 5.74) is 0.988. The Bertz CT molecular complexity index is 1030. The van der Waals surface area contributed by atoms with E-state index in [1.807, 2.05) is 0 Å². The third-order valence-electron chi connectivity index (χ3n) is 5.09. The lowest BCUT2D eigenvalue weighted by Crippen LogP contribution is -2.72. The molecule has 5 N–H and O–H groups in total. The minimum atomic E-state index is -0.871. The van der Waals surface area contributed by atoms with Gasteiger partial charge in [0.15, 0.2) is 6.29 Å². The molecule has 0 aromatic heterocycles. The zero-order chi connectivity index (χ0) is 22.1. The fourth-order valence-corrected chi connectivity index (χ4v) is 4.45. The molecule has 11 heteroatoms. The topological polar surface area (TPSA) is 111 Å². The maximum absolute atomic E-state index is 12.9. The molecule has 0 radical (unpaired) electrons. The minimum absolute atomic E-state index is 0.117. The van der Waals surface area contributed by atoms with E-state index >= 15 is 0 Å². The van der Waals surface area contributed by atoms with E-state index in [2.05, 4.69) is 26.6 Å². The Morgan fingerprint density at radius 1 is 1.00 bits per heavy atom. The second-order valence-electron chi connectivity index (χ2n) is 7.26. The number of hydrogen-bond acceptors (Lipinski definition) is 5. The van der Waals surface area contributed by atoms with Gasteiger partial charge >= 0.3 is 0 Å². The van der Waals surface area contributed by atoms with Crippen LogP contribution in [0.2, 0.25) is 15.1 Å². The fourth-order valence-electron chi connectivity index (χ4n) is 3.75. The molecule has 2 aromatic rings. The maximum Gasteiger partial charge on any atom is 0.229 e. The number of nitrogens with one attached hydrogen (secondary N) is 5. The molecular weight excluding hydrogens is 465 g/mol. The molecule has 0 bridgehead atoms. The quantitative estimate of drug-likeness (QED) is 0.460. The number of piperidine rings is 1. The highest BCUT2D eigenvalue weighted by Crippen LogP contribution is 2.30. The van der Waals surface area contributed by atoms with Gasteiger partial charge in [-0.2, -0.15) is 0 Å². The lowest BCUT2D eigenvalue weighted by molar-refractivity contribution is -0.144. The lowest BCUT2D eigenvalue weighted by atomic mass is 9.81. The molecule has 2 fully saturated rings. The molecule has 2 saturated heterocycles. The van der Waals surface area contributed by atoms with Crippen molar-refractivity contribution in [3.05, 3.63) is 57.5 Å². The van der Waals surface area contributed by atoms with Gasteiger partial charge in [-0.1, -0.05) is 46.9 Å². The Kier molecular flexibility index (Phi) is 6.24. The van der Waals surface area contributed by atoms with Gasteiger partial charge in [-0.05, 0) is 30.3 Å². The monoisotopic (exact) mass is 481 g/mol. The summed E-state index contributed by atoms with van der Waals surface area (Å²) in [5, 5.41) is 15.6. The average Bonchev–Trinajstić information content (AvgIpc) is 2.68. The van der Waals surface area contributed by atoms with Crippen LogP contribution in [0.5, 0.6) is 0 Å². The second kappa shape index (κ2) is 8.92. The highest BCUT2D eigenvalue weighted by atomic mass is 35.5. The van der Waals surface area contributed by atoms with Gasteiger partial charge in [0.1, 0.15) is 0 Å². The molecule has 2 aromatic carbocycles. The van der Waals surface area contributed by atoms with Crippen LogP contribution in [0.25, 0.3) is 0 Å². The minimum Gasteiger partial charge on any atom is -0.353 e. The van der Waals surface area contributed by atoms with Crippen LogP contribution in [0.3, 0.4) is 0 Å². The first-order chi connectivity index (χ1) is 14.8. The number of para-hydroxylation sites is 1. The number of benzene rings is 2. The van der Waals surface area contributed by atoms with Crippen molar-refractivity contribution in [3.63, 3.8) is 0 Å². The van der Waals surface area contributed by atoms with E-state index in [-0.39, 0.29) is 18.2 Å². The van der Waals surface area contributed by atoms with Gasteiger partial charge in [-0.15, -0.1) is 0 Å². The Balaban J connectivity index is 1.50. The van der Waals surface area contributed by atoms with Gasteiger partial charge in [0.2, 0.25) is 17.7 Å². The normalized spacial score (nSPS) is 25.1. The summed E-state index contributed by atoms with van der Waals surface area (Å²) in [7, 11) is 0. The maximum atomic E-state index is 12.9. The molecule has 162 valence electrons. The van der Waals surface area contributed by atoms with E-state index < -0.39 is 30.2 Å². The molecule has 3 amide bonds. The Morgan fingerprint density at radius 3 is 2.42 bits per heavy atom. The van der Waals surface area contributed by atoms with Crippen LogP contribution in [-0.4, -0.2) is 30.2 Å². The zero-order valence-corrected chi connectivity index (χ0v) is 18.2. The summed E-state index contributed by atoms with van der Waals surface area (Å²) in [5.74, 6) is -2.85. The first kappa shape index (κ1) is 21.7. The third kappa shape index (κ3) is 4.88. The molecule has 8 nitrogen and oxygen atoms in total. The first-order valence-corrected chi connectivity index (χ1v) is 10.6. The summed E-state index contributed by atoms with van der Waals surface area (Å²) in [6.45, 7) is 0. The second-order valence-corrected chi connectivity index (χ2v) is 8.54. The molecule has 4 rings (SSSR count). The van der Waals surface area contributed by atoms with Crippen LogP contribution < -0.4 is 26.6 Å². The molecule has 4 unspecified atom stereocenters. The van der Waals surface area contributed by atoms with Crippen LogP contribution in [0.4, 0.5) is 11.4 Å². The van der Waals surface area contributed by atoms with Gasteiger partial charge in [-0.25, -0.2) is 0 Å². The van der Waals surface area contributed by atoms with Gasteiger partial charge in [0, 0.05) is 22.2 Å². The first-order valence-electron chi connectivity index (χ1n) is 9.44. The van der Waals surface area contributed by atoms with Crippen LogP contribution in [0.1, 0.15) is 6.42 Å². The van der Waals surface area contributed by atoms with Crippen molar-refractivity contribution in [3.8, 4) is 0 Å². The van der Waals surface area contributed by atoms with E-state index in [1.54, 1.807) is 42.5 Å². The van der Waals surface area contributed by atoms with Crippen molar-refractivity contribution >= 4 is 63.9 Å². The highest BCUT2D eigenvalue weighted by molar-refractivity contribution is 6.35. The molecule has 31 heavy (non-hydrogen) atoms. The van der Waals surface area contributed by atoms with Crippen LogP contribution in [-0.2, 0) is 14.4 Å². The predicted molar refractivity (Wildman–Crippen MR) is 119 cm³/mol. The van der Waals surface area contributed by atoms with Crippen molar-refractivity contribution in [2.75, 3.05) is 10.6 Å². The van der Waals surface area contributed by atoms with Gasteiger partial charge in [0.05, 0.1) is 28.7 Å². The van der Waals surface area contributed by atoms with Gasteiger partial charge in [-0.3, -0.25) is 19.7 Å². The SMILES string of the molecule is O=C1CC(C(=O)Nc2ccccc2Cl)C2C(=O)NC(Nc3cc(Cl)cc(Cl)c3)NC2N1. The van der Waals surface area contributed by atoms with E-state index in [0.29, 0.717) is 26.4 Å². The standard InChI is InChI=1S/C20H18Cl3N5O3/c21-9-5-10(22)7-11(6-9)24-20-27-17-16(19(31)28-20)12(8-15(29)26-17)18(30)25-14-4-2-1-3-13(14)23/h1-7,12,16-17,20,24,27H,8H2,(H,25,30)(H,26,29)(H,28,31). The Morgan fingerprint density at radius 2 is 1.71 bits per heavy atom. The molecule has 2 heterocycles. The Hall–Kier alpha value is -2.52. The number of rotatable bonds is 4. The largest absolute Gasteiger partial charge is 0.353 e. The average molecular weight is 483 g/mol. The third-order valence-corrected chi connectivity index (χ3v) is 5.86. The number of hydrogen-bond donors (Lipinski definition) is 5. The lowest BCUT2D eigenvalue weighted by Gasteiger charge is -2.43. The highest BCUT2D eigenvalue weighted by Gasteiger charge is 2.48. The molecule has 4 atom stereocenters. The molecule has 2 aliphatic heterocycles. The van der Waals surface area contributed by atoms with E-state index in [0.717, 1.165) is 0 Å². The van der Waals surface area contributed by atoms with E-state index in [9.17, 15) is 14.4 Å². The van der Waals surface area contributed by atoms with Crippen LogP contribution in [0, 0.1) is 11.8 Å². The van der Waals surface area contributed by atoms with Crippen molar-refractivity contribution in [2.45, 2.75) is 18.9 Å². The number of carbonyl (C=O) groups is 3. The van der Waals surface area contributed by atoms with Crippen molar-refractivity contribution in [2.24, 2.45) is 11.8 Å². The smallest absolute Gasteiger partial charge is 0.229 e. The van der Waals surface area contributed by atoms with E-state index in [4.69, 9.17) is 34.8 Å². The summed E-state index contributed by atoms with van der Waals surface area (Å²) >= 11 is 18.1. The van der Waals surface area contributed by atoms with Gasteiger partial charge in [0.25, 0.3) is 0 Å². The Labute approximate surface area is 193 Å². The molecule has 0 saturated carbocycles. The number of halogens is 3. The molecular formula is C20H18Cl3N5O3. The van der Waals surface area contributed by atoms with Crippen molar-refractivity contribution in [1.82, 2.24) is 16.0 Å². The van der Waals surface area contributed by atoms with Crippen LogP contribution in [0.15, 0.2) is 42.5 Å². The number of anilines is 2.